The van der Waals surface area contributed by atoms with E-state index in [2.05, 4.69) is 17.2 Å². The van der Waals surface area contributed by atoms with E-state index in [1.54, 1.807) is 0 Å². The Morgan fingerprint density at radius 3 is 3.00 bits per heavy atom. The standard InChI is InChI=1S/C14H22N2O2/c1-2-8-15-14-5-3-4-12(16-14)11-18-13-6-9-17-10-7-13/h3-5,13H,2,6-11H2,1H3,(H,15,16). The zero-order valence-corrected chi connectivity index (χ0v) is 11.0. The van der Waals surface area contributed by atoms with Gasteiger partial charge in [-0.05, 0) is 31.4 Å². The number of hydrogen-bond acceptors (Lipinski definition) is 4. The van der Waals surface area contributed by atoms with Crippen LogP contribution in [-0.4, -0.2) is 30.8 Å². The molecule has 0 aromatic carbocycles. The molecule has 2 rings (SSSR count). The number of pyridine rings is 1. The van der Waals surface area contributed by atoms with Gasteiger partial charge in [0.1, 0.15) is 5.82 Å². The molecule has 4 heteroatoms. The van der Waals surface area contributed by atoms with Crippen molar-refractivity contribution in [1.29, 1.82) is 0 Å². The van der Waals surface area contributed by atoms with Crippen LogP contribution in [0.5, 0.6) is 0 Å². The van der Waals surface area contributed by atoms with E-state index >= 15 is 0 Å². The van der Waals surface area contributed by atoms with Crippen LogP contribution < -0.4 is 5.32 Å². The largest absolute Gasteiger partial charge is 0.381 e. The van der Waals surface area contributed by atoms with Gasteiger partial charge in [-0.15, -0.1) is 0 Å². The number of rotatable bonds is 6. The molecule has 1 aromatic heterocycles. The summed E-state index contributed by atoms with van der Waals surface area (Å²) >= 11 is 0. The first-order chi connectivity index (χ1) is 8.88. The van der Waals surface area contributed by atoms with Crippen LogP contribution >= 0.6 is 0 Å². The molecule has 1 aliphatic rings. The van der Waals surface area contributed by atoms with Gasteiger partial charge in [0.2, 0.25) is 0 Å². The molecule has 0 amide bonds. The maximum atomic E-state index is 5.86. The molecule has 0 radical (unpaired) electrons. The second-order valence-corrected chi connectivity index (χ2v) is 4.56. The zero-order valence-electron chi connectivity index (χ0n) is 11.0. The quantitative estimate of drug-likeness (QED) is 0.842. The summed E-state index contributed by atoms with van der Waals surface area (Å²) in [4.78, 5) is 4.53. The summed E-state index contributed by atoms with van der Waals surface area (Å²) in [6.45, 7) is 5.32. The SMILES string of the molecule is CCCNc1cccc(COC2CCOCC2)n1. The minimum atomic E-state index is 0.327. The van der Waals surface area contributed by atoms with Gasteiger partial charge in [-0.25, -0.2) is 4.98 Å². The topological polar surface area (TPSA) is 43.4 Å². The molecule has 1 N–H and O–H groups in total. The van der Waals surface area contributed by atoms with E-state index in [-0.39, 0.29) is 0 Å². The molecular formula is C14H22N2O2. The molecule has 1 fully saturated rings. The number of anilines is 1. The Morgan fingerprint density at radius 1 is 1.39 bits per heavy atom. The van der Waals surface area contributed by atoms with Crippen molar-refractivity contribution in [1.82, 2.24) is 4.98 Å². The van der Waals surface area contributed by atoms with Crippen molar-refractivity contribution in [3.63, 3.8) is 0 Å². The van der Waals surface area contributed by atoms with Crippen molar-refractivity contribution in [2.24, 2.45) is 0 Å². The Hall–Kier alpha value is -1.13. The Bertz CT molecular complexity index is 351. The fraction of sp³-hybridized carbons (Fsp3) is 0.643. The first kappa shape index (κ1) is 13.3. The first-order valence-corrected chi connectivity index (χ1v) is 6.77. The Balaban J connectivity index is 1.80. The normalized spacial score (nSPS) is 16.7. The maximum absolute atomic E-state index is 5.86. The van der Waals surface area contributed by atoms with E-state index in [4.69, 9.17) is 9.47 Å². The van der Waals surface area contributed by atoms with Crippen molar-refractivity contribution in [2.75, 3.05) is 25.1 Å². The third-order valence-corrected chi connectivity index (χ3v) is 3.00. The van der Waals surface area contributed by atoms with Crippen LogP contribution in [0.3, 0.4) is 0 Å². The number of nitrogens with zero attached hydrogens (tertiary/aromatic N) is 1. The van der Waals surface area contributed by atoms with Crippen LogP contribution in [0.25, 0.3) is 0 Å². The summed E-state index contributed by atoms with van der Waals surface area (Å²) < 4.78 is 11.2. The molecule has 0 unspecified atom stereocenters. The molecule has 18 heavy (non-hydrogen) atoms. The second-order valence-electron chi connectivity index (χ2n) is 4.56. The van der Waals surface area contributed by atoms with Gasteiger partial charge in [-0.2, -0.15) is 0 Å². The fourth-order valence-electron chi connectivity index (χ4n) is 1.96. The van der Waals surface area contributed by atoms with Crippen LogP contribution in [-0.2, 0) is 16.1 Å². The summed E-state index contributed by atoms with van der Waals surface area (Å²) in [5.74, 6) is 0.935. The van der Waals surface area contributed by atoms with Crippen LogP contribution in [0.1, 0.15) is 31.9 Å². The van der Waals surface area contributed by atoms with Gasteiger partial charge in [0.05, 0.1) is 18.4 Å². The summed E-state index contributed by atoms with van der Waals surface area (Å²) in [5.41, 5.74) is 0.989. The van der Waals surface area contributed by atoms with Crippen molar-refractivity contribution in [2.45, 2.75) is 38.9 Å². The van der Waals surface area contributed by atoms with Crippen LogP contribution in [0.4, 0.5) is 5.82 Å². The molecule has 1 aromatic rings. The van der Waals surface area contributed by atoms with Gasteiger partial charge in [0, 0.05) is 19.8 Å². The Morgan fingerprint density at radius 2 is 2.22 bits per heavy atom. The predicted molar refractivity (Wildman–Crippen MR) is 71.6 cm³/mol. The lowest BCUT2D eigenvalue weighted by Gasteiger charge is -2.22. The summed E-state index contributed by atoms with van der Waals surface area (Å²) in [6, 6.07) is 6.03. The third-order valence-electron chi connectivity index (χ3n) is 3.00. The number of hydrogen-bond donors (Lipinski definition) is 1. The van der Waals surface area contributed by atoms with E-state index in [9.17, 15) is 0 Å². The van der Waals surface area contributed by atoms with Gasteiger partial charge in [-0.3, -0.25) is 0 Å². The van der Waals surface area contributed by atoms with E-state index < -0.39 is 0 Å². The molecule has 100 valence electrons. The van der Waals surface area contributed by atoms with Crippen LogP contribution in [0, 0.1) is 0 Å². The summed E-state index contributed by atoms with van der Waals surface area (Å²) in [7, 11) is 0. The van der Waals surface area contributed by atoms with Crippen molar-refractivity contribution in [3.8, 4) is 0 Å². The highest BCUT2D eigenvalue weighted by molar-refractivity contribution is 5.34. The number of nitrogens with one attached hydrogen (secondary N) is 1. The monoisotopic (exact) mass is 250 g/mol. The number of ether oxygens (including phenoxy) is 2. The molecule has 0 saturated carbocycles. The predicted octanol–water partition coefficient (Wildman–Crippen LogP) is 2.60. The van der Waals surface area contributed by atoms with Gasteiger partial charge in [-0.1, -0.05) is 13.0 Å². The minimum absolute atomic E-state index is 0.327. The zero-order chi connectivity index (χ0) is 12.6. The van der Waals surface area contributed by atoms with Gasteiger partial charge < -0.3 is 14.8 Å². The molecule has 2 heterocycles. The molecule has 1 aliphatic heterocycles. The highest BCUT2D eigenvalue weighted by Gasteiger charge is 2.14. The average molecular weight is 250 g/mol. The smallest absolute Gasteiger partial charge is 0.126 e. The van der Waals surface area contributed by atoms with E-state index in [1.165, 1.54) is 0 Å². The second kappa shape index (κ2) is 7.34. The van der Waals surface area contributed by atoms with Gasteiger partial charge in [0.15, 0.2) is 0 Å². The maximum Gasteiger partial charge on any atom is 0.126 e. The van der Waals surface area contributed by atoms with E-state index in [1.807, 2.05) is 18.2 Å². The minimum Gasteiger partial charge on any atom is -0.381 e. The van der Waals surface area contributed by atoms with Crippen molar-refractivity contribution in [3.05, 3.63) is 23.9 Å². The lowest BCUT2D eigenvalue weighted by molar-refractivity contribution is -0.0399. The molecule has 4 nitrogen and oxygen atoms in total. The molecule has 0 spiro atoms. The average Bonchev–Trinajstić information content (AvgIpc) is 2.44. The highest BCUT2D eigenvalue weighted by atomic mass is 16.5. The molecule has 0 aliphatic carbocycles. The lowest BCUT2D eigenvalue weighted by atomic mass is 10.1. The lowest BCUT2D eigenvalue weighted by Crippen LogP contribution is -2.23. The number of aromatic nitrogens is 1. The third kappa shape index (κ3) is 4.27. The fourth-order valence-corrected chi connectivity index (χ4v) is 1.96. The molecule has 0 bridgehead atoms. The summed E-state index contributed by atoms with van der Waals surface area (Å²) in [5, 5.41) is 3.29. The first-order valence-electron chi connectivity index (χ1n) is 6.77. The Labute approximate surface area is 109 Å². The molecule has 1 saturated heterocycles. The van der Waals surface area contributed by atoms with Crippen molar-refractivity contribution >= 4 is 5.82 Å². The molecule has 0 atom stereocenters. The van der Waals surface area contributed by atoms with Crippen LogP contribution in [0.15, 0.2) is 18.2 Å². The van der Waals surface area contributed by atoms with Crippen molar-refractivity contribution < 1.29 is 9.47 Å². The van der Waals surface area contributed by atoms with Gasteiger partial charge >= 0.3 is 0 Å². The Kier molecular flexibility index (Phi) is 5.42. The van der Waals surface area contributed by atoms with E-state index in [0.29, 0.717) is 12.7 Å². The molecular weight excluding hydrogens is 228 g/mol. The van der Waals surface area contributed by atoms with E-state index in [0.717, 1.165) is 50.5 Å². The summed E-state index contributed by atoms with van der Waals surface area (Å²) in [6.07, 6.45) is 3.42. The highest BCUT2D eigenvalue weighted by Crippen LogP contribution is 2.13. The van der Waals surface area contributed by atoms with Gasteiger partial charge in [0.25, 0.3) is 0 Å². The van der Waals surface area contributed by atoms with Crippen LogP contribution in [0.2, 0.25) is 0 Å².